The molecule has 0 radical (unpaired) electrons. The van der Waals surface area contributed by atoms with Crippen molar-refractivity contribution in [2.45, 2.75) is 99.2 Å². The van der Waals surface area contributed by atoms with Crippen molar-refractivity contribution in [3.8, 4) is 0 Å². The zero-order chi connectivity index (χ0) is 26.2. The van der Waals surface area contributed by atoms with E-state index in [1.165, 1.54) is 5.57 Å². The summed E-state index contributed by atoms with van der Waals surface area (Å²) in [4.78, 5) is 13.5. The Morgan fingerprint density at radius 3 is 2.40 bits per heavy atom. The highest BCUT2D eigenvalue weighted by atomic mass is 16.5. The van der Waals surface area contributed by atoms with Gasteiger partial charge in [0, 0.05) is 29.9 Å². The minimum Gasteiger partial charge on any atom is -0.396 e. The van der Waals surface area contributed by atoms with Gasteiger partial charge in [-0.25, -0.2) is 0 Å². The molecule has 7 unspecified atom stereocenters. The lowest BCUT2D eigenvalue weighted by atomic mass is 9.43. The second kappa shape index (κ2) is 10.5. The topological polar surface area (TPSA) is 66.8 Å². The first-order valence-electron chi connectivity index (χ1n) is 13.4. The van der Waals surface area contributed by atoms with E-state index >= 15 is 0 Å². The summed E-state index contributed by atoms with van der Waals surface area (Å²) in [6, 6.07) is 0. The third kappa shape index (κ3) is 4.91. The van der Waals surface area contributed by atoms with E-state index in [2.05, 4.69) is 65.8 Å². The monoisotopic (exact) mass is 484 g/mol. The molecule has 0 saturated heterocycles. The first-order chi connectivity index (χ1) is 16.3. The minimum absolute atomic E-state index is 0.00195. The number of aliphatic hydroxyl groups excluding tert-OH is 2. The summed E-state index contributed by atoms with van der Waals surface area (Å²) in [6.07, 6.45) is 12.9. The first kappa shape index (κ1) is 28.1. The maximum atomic E-state index is 13.5. The SMILES string of the molecule is COC(CC=C(C)C)C(C)=CC=CC(C)=C1C(=O)CC2C1(C)CCC1C(C)(CO)C(O)CCC21C. The van der Waals surface area contributed by atoms with Crippen LogP contribution in [0.4, 0.5) is 0 Å². The molecule has 3 aliphatic carbocycles. The third-order valence-corrected chi connectivity index (χ3v) is 10.0. The Hall–Kier alpha value is -1.49. The largest absolute Gasteiger partial charge is 0.396 e. The molecular weight excluding hydrogens is 436 g/mol. The Kier molecular flexibility index (Phi) is 8.41. The number of carbonyl (C=O) groups is 1. The lowest BCUT2D eigenvalue weighted by Gasteiger charge is -2.62. The van der Waals surface area contributed by atoms with Crippen LogP contribution >= 0.6 is 0 Å². The summed E-state index contributed by atoms with van der Waals surface area (Å²) < 4.78 is 5.67. The molecule has 3 rings (SSSR count). The molecule has 3 fully saturated rings. The molecule has 7 atom stereocenters. The zero-order valence-electron chi connectivity index (χ0n) is 23.3. The molecule has 35 heavy (non-hydrogen) atoms. The maximum Gasteiger partial charge on any atom is 0.160 e. The molecule has 0 aromatic rings. The summed E-state index contributed by atoms with van der Waals surface area (Å²) in [5.41, 5.74) is 3.79. The molecule has 0 amide bonds. The van der Waals surface area contributed by atoms with Crippen molar-refractivity contribution in [2.24, 2.45) is 28.1 Å². The first-order valence-corrected chi connectivity index (χ1v) is 13.4. The molecule has 0 heterocycles. The Labute approximate surface area is 213 Å². The number of aliphatic hydroxyl groups is 2. The summed E-state index contributed by atoms with van der Waals surface area (Å²) in [7, 11) is 1.75. The van der Waals surface area contributed by atoms with E-state index in [0.29, 0.717) is 12.8 Å². The number of ether oxygens (including phenoxy) is 1. The summed E-state index contributed by atoms with van der Waals surface area (Å²) in [6.45, 7) is 15.0. The van der Waals surface area contributed by atoms with Crippen molar-refractivity contribution in [1.82, 2.24) is 0 Å². The van der Waals surface area contributed by atoms with Gasteiger partial charge in [0.25, 0.3) is 0 Å². The van der Waals surface area contributed by atoms with E-state index in [9.17, 15) is 15.0 Å². The second-order valence-corrected chi connectivity index (χ2v) is 12.5. The van der Waals surface area contributed by atoms with E-state index < -0.39 is 11.5 Å². The number of methoxy groups -OCH3 is 1. The maximum absolute atomic E-state index is 13.5. The number of carbonyl (C=O) groups excluding carboxylic acids is 1. The van der Waals surface area contributed by atoms with Crippen LogP contribution in [0.1, 0.15) is 87.0 Å². The van der Waals surface area contributed by atoms with Crippen molar-refractivity contribution in [2.75, 3.05) is 13.7 Å². The van der Waals surface area contributed by atoms with E-state index in [4.69, 9.17) is 4.74 Å². The summed E-state index contributed by atoms with van der Waals surface area (Å²) in [5, 5.41) is 21.0. The molecule has 0 spiro atoms. The van der Waals surface area contributed by atoms with Crippen LogP contribution in [0.15, 0.2) is 46.6 Å². The predicted molar refractivity (Wildman–Crippen MR) is 143 cm³/mol. The molecule has 3 saturated carbocycles. The van der Waals surface area contributed by atoms with Gasteiger partial charge in [0.2, 0.25) is 0 Å². The van der Waals surface area contributed by atoms with Crippen molar-refractivity contribution >= 4 is 5.78 Å². The van der Waals surface area contributed by atoms with Crippen LogP contribution in [0.5, 0.6) is 0 Å². The van der Waals surface area contributed by atoms with Gasteiger partial charge in [0.1, 0.15) is 0 Å². The van der Waals surface area contributed by atoms with Gasteiger partial charge in [-0.05, 0) is 88.2 Å². The van der Waals surface area contributed by atoms with Gasteiger partial charge in [-0.1, -0.05) is 50.6 Å². The molecule has 0 aromatic carbocycles. The number of hydrogen-bond donors (Lipinski definition) is 2. The average Bonchev–Trinajstić information content (AvgIpc) is 3.08. The normalized spacial score (nSPS) is 39.9. The molecule has 3 aliphatic rings. The Balaban J connectivity index is 1.89. The summed E-state index contributed by atoms with van der Waals surface area (Å²) >= 11 is 0. The highest BCUT2D eigenvalue weighted by Gasteiger charge is 2.65. The van der Waals surface area contributed by atoms with Crippen LogP contribution in [0.25, 0.3) is 0 Å². The number of hydrogen-bond acceptors (Lipinski definition) is 4. The number of Topliss-reactive ketones (excluding diaryl/α,β-unsaturated/α-hetero) is 1. The van der Waals surface area contributed by atoms with Crippen LogP contribution in [-0.2, 0) is 9.53 Å². The van der Waals surface area contributed by atoms with E-state index in [1.54, 1.807) is 7.11 Å². The fraction of sp³-hybridized carbons (Fsp3) is 0.710. The highest BCUT2D eigenvalue weighted by Crippen LogP contribution is 2.69. The lowest BCUT2D eigenvalue weighted by molar-refractivity contribution is -0.178. The van der Waals surface area contributed by atoms with Crippen LogP contribution in [0.3, 0.4) is 0 Å². The average molecular weight is 485 g/mol. The Morgan fingerprint density at radius 2 is 1.80 bits per heavy atom. The van der Waals surface area contributed by atoms with Gasteiger partial charge < -0.3 is 14.9 Å². The number of allylic oxidation sites excluding steroid dienone is 6. The van der Waals surface area contributed by atoms with Crippen molar-refractivity contribution in [3.63, 3.8) is 0 Å². The van der Waals surface area contributed by atoms with Crippen LogP contribution in [0, 0.1) is 28.1 Å². The summed E-state index contributed by atoms with van der Waals surface area (Å²) in [5.74, 6) is 0.747. The Bertz CT molecular complexity index is 936. The molecular formula is C31H48O4. The van der Waals surface area contributed by atoms with Gasteiger partial charge in [-0.15, -0.1) is 0 Å². The zero-order valence-corrected chi connectivity index (χ0v) is 23.3. The second-order valence-electron chi connectivity index (χ2n) is 12.5. The van der Waals surface area contributed by atoms with Crippen molar-refractivity contribution in [3.05, 3.63) is 46.6 Å². The number of fused-ring (bicyclic) bond motifs is 3. The smallest absolute Gasteiger partial charge is 0.160 e. The van der Waals surface area contributed by atoms with Gasteiger partial charge >= 0.3 is 0 Å². The number of rotatable bonds is 7. The van der Waals surface area contributed by atoms with E-state index in [-0.39, 0.29) is 41.2 Å². The highest BCUT2D eigenvalue weighted by molar-refractivity contribution is 6.00. The molecule has 0 aliphatic heterocycles. The van der Waals surface area contributed by atoms with Gasteiger partial charge in [0.05, 0.1) is 18.8 Å². The fourth-order valence-electron chi connectivity index (χ4n) is 7.96. The molecule has 196 valence electrons. The Morgan fingerprint density at radius 1 is 1.11 bits per heavy atom. The van der Waals surface area contributed by atoms with Crippen LogP contribution in [0.2, 0.25) is 0 Å². The standard InChI is InChI=1S/C31H48O4/c1-20(2)12-13-24(35-8)21(3)10-9-11-22(4)28-23(33)18-26-29(5)17-15-27(34)31(7,19-32)25(29)14-16-30(26,28)6/h9-12,24-27,32,34H,13-19H2,1-8H3. The van der Waals surface area contributed by atoms with Gasteiger partial charge in [0.15, 0.2) is 5.78 Å². The van der Waals surface area contributed by atoms with E-state index in [0.717, 1.165) is 42.4 Å². The quantitative estimate of drug-likeness (QED) is 0.251. The molecule has 0 aromatic heterocycles. The minimum atomic E-state index is -0.496. The lowest BCUT2D eigenvalue weighted by Crippen LogP contribution is -2.59. The van der Waals surface area contributed by atoms with Crippen LogP contribution < -0.4 is 0 Å². The molecule has 2 N–H and O–H groups in total. The molecule has 4 nitrogen and oxygen atoms in total. The molecule has 4 heteroatoms. The fourth-order valence-corrected chi connectivity index (χ4v) is 7.96. The van der Waals surface area contributed by atoms with E-state index in [1.807, 2.05) is 6.92 Å². The predicted octanol–water partition coefficient (Wildman–Crippen LogP) is 6.34. The van der Waals surface area contributed by atoms with Gasteiger partial charge in [-0.3, -0.25) is 4.79 Å². The van der Waals surface area contributed by atoms with Crippen LogP contribution in [-0.4, -0.2) is 41.9 Å². The third-order valence-electron chi connectivity index (χ3n) is 10.0. The molecule has 0 bridgehead atoms. The van der Waals surface area contributed by atoms with Crippen molar-refractivity contribution in [1.29, 1.82) is 0 Å². The van der Waals surface area contributed by atoms with Gasteiger partial charge in [-0.2, -0.15) is 0 Å². The number of ketones is 1. The van der Waals surface area contributed by atoms with Crippen molar-refractivity contribution < 1.29 is 19.7 Å².